The van der Waals surface area contributed by atoms with Crippen LogP contribution in [0, 0.1) is 6.92 Å². The molecule has 0 bridgehead atoms. The van der Waals surface area contributed by atoms with E-state index in [0.29, 0.717) is 29.5 Å². The number of hydrogen-bond acceptors (Lipinski definition) is 4. The van der Waals surface area contributed by atoms with Crippen molar-refractivity contribution in [2.24, 2.45) is 0 Å². The molecule has 6 nitrogen and oxygen atoms in total. The molecule has 0 spiro atoms. The predicted molar refractivity (Wildman–Crippen MR) is 111 cm³/mol. The lowest BCUT2D eigenvalue weighted by molar-refractivity contribution is -0.128. The van der Waals surface area contributed by atoms with Gasteiger partial charge in [-0.2, -0.15) is 0 Å². The summed E-state index contributed by atoms with van der Waals surface area (Å²) >= 11 is 5.97. The van der Waals surface area contributed by atoms with Crippen LogP contribution < -0.4 is 20.3 Å². The Morgan fingerprint density at radius 3 is 2.79 bits per heavy atom. The van der Waals surface area contributed by atoms with Crippen molar-refractivity contribution in [2.45, 2.75) is 26.4 Å². The number of benzene rings is 2. The van der Waals surface area contributed by atoms with E-state index in [-0.39, 0.29) is 18.4 Å². The molecule has 0 radical (unpaired) electrons. The van der Waals surface area contributed by atoms with Crippen LogP contribution in [0.5, 0.6) is 5.75 Å². The number of ether oxygens (including phenoxy) is 1. The van der Waals surface area contributed by atoms with Crippen LogP contribution >= 0.6 is 11.6 Å². The van der Waals surface area contributed by atoms with Crippen molar-refractivity contribution in [3.8, 4) is 5.75 Å². The van der Waals surface area contributed by atoms with E-state index >= 15 is 0 Å². The zero-order valence-corrected chi connectivity index (χ0v) is 16.8. The van der Waals surface area contributed by atoms with Crippen molar-refractivity contribution in [3.63, 3.8) is 0 Å². The number of halogens is 1. The molecule has 2 aromatic carbocycles. The molecule has 1 atom stereocenters. The second kappa shape index (κ2) is 8.97. The van der Waals surface area contributed by atoms with Gasteiger partial charge in [0, 0.05) is 17.3 Å². The van der Waals surface area contributed by atoms with Gasteiger partial charge in [-0.25, -0.2) is 0 Å². The number of para-hydroxylation sites is 2. The quantitative estimate of drug-likeness (QED) is 0.778. The van der Waals surface area contributed by atoms with Crippen molar-refractivity contribution in [1.82, 2.24) is 5.32 Å². The van der Waals surface area contributed by atoms with Gasteiger partial charge in [0.1, 0.15) is 5.75 Å². The fourth-order valence-corrected chi connectivity index (χ4v) is 3.31. The molecule has 28 heavy (non-hydrogen) atoms. The lowest BCUT2D eigenvalue weighted by Gasteiger charge is -2.35. The van der Waals surface area contributed by atoms with E-state index in [4.69, 9.17) is 16.3 Å². The number of fused-ring (bicyclic) bond motifs is 1. The van der Waals surface area contributed by atoms with E-state index in [1.54, 1.807) is 18.2 Å². The average Bonchev–Trinajstić information content (AvgIpc) is 2.68. The molecule has 0 aromatic heterocycles. The molecule has 0 unspecified atom stereocenters. The summed E-state index contributed by atoms with van der Waals surface area (Å²) in [6.45, 7) is 4.89. The molecule has 2 N–H and O–H groups in total. The molecule has 0 aliphatic carbocycles. The highest BCUT2D eigenvalue weighted by Crippen LogP contribution is 2.33. The van der Waals surface area contributed by atoms with Gasteiger partial charge in [0.25, 0.3) is 5.91 Å². The second-order valence-electron chi connectivity index (χ2n) is 6.75. The summed E-state index contributed by atoms with van der Waals surface area (Å²) in [5.74, 6) is 0.256. The van der Waals surface area contributed by atoms with Crippen LogP contribution in [0.1, 0.15) is 18.9 Å². The Morgan fingerprint density at radius 2 is 2.04 bits per heavy atom. The molecular formula is C21H24ClN3O3. The largest absolute Gasteiger partial charge is 0.477 e. The standard InChI is InChI=1S/C21H24ClN3O3/c1-3-10-23-21(27)19-12-25(17-6-4-5-7-18(17)28-19)13-20(26)24-16-9-8-15(22)11-14(16)2/h4-9,11,19H,3,10,12-13H2,1-2H3,(H,23,27)(H,24,26)/t19-/m0/s1. The molecule has 148 valence electrons. The van der Waals surface area contributed by atoms with Crippen molar-refractivity contribution < 1.29 is 14.3 Å². The Morgan fingerprint density at radius 1 is 1.25 bits per heavy atom. The summed E-state index contributed by atoms with van der Waals surface area (Å²) in [5, 5.41) is 6.39. The summed E-state index contributed by atoms with van der Waals surface area (Å²) in [4.78, 5) is 26.9. The van der Waals surface area contributed by atoms with Crippen LogP contribution in [0.15, 0.2) is 42.5 Å². The third-order valence-electron chi connectivity index (χ3n) is 4.50. The summed E-state index contributed by atoms with van der Waals surface area (Å²) < 4.78 is 5.85. The molecule has 1 heterocycles. The molecule has 7 heteroatoms. The molecular weight excluding hydrogens is 378 g/mol. The zero-order valence-electron chi connectivity index (χ0n) is 16.0. The minimum absolute atomic E-state index is 0.111. The van der Waals surface area contributed by atoms with E-state index in [1.165, 1.54) is 0 Å². The van der Waals surface area contributed by atoms with Crippen molar-refractivity contribution in [1.29, 1.82) is 0 Å². The van der Waals surface area contributed by atoms with Crippen LogP contribution in [0.25, 0.3) is 0 Å². The minimum atomic E-state index is -0.661. The van der Waals surface area contributed by atoms with Crippen LogP contribution in [-0.2, 0) is 9.59 Å². The van der Waals surface area contributed by atoms with Gasteiger partial charge in [0.2, 0.25) is 5.91 Å². The van der Waals surface area contributed by atoms with Gasteiger partial charge in [-0.1, -0.05) is 30.7 Å². The molecule has 3 rings (SSSR count). The molecule has 2 aromatic rings. The number of nitrogens with one attached hydrogen (secondary N) is 2. The molecule has 0 saturated carbocycles. The number of rotatable bonds is 6. The number of amides is 2. The number of nitrogens with zero attached hydrogens (tertiary/aromatic N) is 1. The molecule has 2 amide bonds. The first kappa shape index (κ1) is 20.0. The predicted octanol–water partition coefficient (Wildman–Crippen LogP) is 3.38. The van der Waals surface area contributed by atoms with Crippen molar-refractivity contribution >= 4 is 34.8 Å². The van der Waals surface area contributed by atoms with Gasteiger partial charge in [0.15, 0.2) is 6.10 Å². The number of aryl methyl sites for hydroxylation is 1. The smallest absolute Gasteiger partial charge is 0.262 e. The first-order valence-electron chi connectivity index (χ1n) is 9.32. The van der Waals surface area contributed by atoms with Crippen LogP contribution in [-0.4, -0.2) is 37.6 Å². The van der Waals surface area contributed by atoms with Crippen LogP contribution in [0.2, 0.25) is 5.02 Å². The van der Waals surface area contributed by atoms with E-state index in [9.17, 15) is 9.59 Å². The number of hydrogen-bond donors (Lipinski definition) is 2. The van der Waals surface area contributed by atoms with Crippen molar-refractivity contribution in [3.05, 3.63) is 53.1 Å². The van der Waals surface area contributed by atoms with Crippen molar-refractivity contribution in [2.75, 3.05) is 29.9 Å². The fraction of sp³-hybridized carbons (Fsp3) is 0.333. The van der Waals surface area contributed by atoms with Crippen LogP contribution in [0.3, 0.4) is 0 Å². The Balaban J connectivity index is 1.73. The summed E-state index contributed by atoms with van der Waals surface area (Å²) in [5.41, 5.74) is 2.40. The van der Waals surface area contributed by atoms with E-state index < -0.39 is 6.10 Å². The van der Waals surface area contributed by atoms with E-state index in [0.717, 1.165) is 17.7 Å². The topological polar surface area (TPSA) is 70.7 Å². The maximum Gasteiger partial charge on any atom is 0.262 e. The molecule has 1 aliphatic heterocycles. The average molecular weight is 402 g/mol. The number of carbonyl (C=O) groups is 2. The minimum Gasteiger partial charge on any atom is -0.477 e. The first-order chi connectivity index (χ1) is 13.5. The van der Waals surface area contributed by atoms with Gasteiger partial charge in [-0.05, 0) is 49.2 Å². The molecule has 1 aliphatic rings. The summed E-state index contributed by atoms with van der Waals surface area (Å²) in [6, 6.07) is 12.7. The molecule has 0 fully saturated rings. The summed E-state index contributed by atoms with van der Waals surface area (Å²) in [6.07, 6.45) is 0.188. The van der Waals surface area contributed by atoms with Gasteiger partial charge < -0.3 is 20.3 Å². The van der Waals surface area contributed by atoms with Gasteiger partial charge >= 0.3 is 0 Å². The normalized spacial score (nSPS) is 15.4. The Labute approximate surface area is 169 Å². The van der Waals surface area contributed by atoms with E-state index in [2.05, 4.69) is 10.6 Å². The fourth-order valence-electron chi connectivity index (χ4n) is 3.09. The summed E-state index contributed by atoms with van der Waals surface area (Å²) in [7, 11) is 0. The SMILES string of the molecule is CCCNC(=O)[C@@H]1CN(CC(=O)Nc2ccc(Cl)cc2C)c2ccccc2O1. The van der Waals surface area contributed by atoms with Gasteiger partial charge in [-0.3, -0.25) is 9.59 Å². The lowest BCUT2D eigenvalue weighted by atomic mass is 10.1. The lowest BCUT2D eigenvalue weighted by Crippen LogP contribution is -2.50. The van der Waals surface area contributed by atoms with Crippen LogP contribution in [0.4, 0.5) is 11.4 Å². The Bertz CT molecular complexity index is 872. The maximum absolute atomic E-state index is 12.6. The van der Waals surface area contributed by atoms with Gasteiger partial charge in [-0.15, -0.1) is 0 Å². The first-order valence-corrected chi connectivity index (χ1v) is 9.70. The molecule has 0 saturated heterocycles. The number of carbonyl (C=O) groups excluding carboxylic acids is 2. The van der Waals surface area contributed by atoms with Gasteiger partial charge in [0.05, 0.1) is 18.8 Å². The Kier molecular flexibility index (Phi) is 6.41. The second-order valence-corrected chi connectivity index (χ2v) is 7.19. The monoisotopic (exact) mass is 401 g/mol. The Hall–Kier alpha value is -2.73. The number of anilines is 2. The van der Waals surface area contributed by atoms with E-state index in [1.807, 2.05) is 43.0 Å². The highest BCUT2D eigenvalue weighted by molar-refractivity contribution is 6.30. The third kappa shape index (κ3) is 4.75. The highest BCUT2D eigenvalue weighted by Gasteiger charge is 2.31. The maximum atomic E-state index is 12.6. The third-order valence-corrected chi connectivity index (χ3v) is 4.74. The zero-order chi connectivity index (χ0) is 20.1. The highest BCUT2D eigenvalue weighted by atomic mass is 35.5.